The minimum Gasteiger partial charge on any atom is -0.359 e. The SMILES string of the molecule is CNC(=O)C(C)(C)Cn1c(=S)[nH]c2cc(C)cnc21. The molecule has 0 atom stereocenters. The van der Waals surface area contributed by atoms with Crippen LogP contribution in [-0.4, -0.2) is 27.5 Å². The predicted octanol–water partition coefficient (Wildman–Crippen LogP) is 2.17. The summed E-state index contributed by atoms with van der Waals surface area (Å²) in [6, 6.07) is 2.00. The summed E-state index contributed by atoms with van der Waals surface area (Å²) >= 11 is 5.32. The first-order valence-electron chi connectivity index (χ1n) is 6.12. The second-order valence-corrected chi connectivity index (χ2v) is 5.75. The first-order valence-corrected chi connectivity index (χ1v) is 6.53. The van der Waals surface area contributed by atoms with Gasteiger partial charge in [0.2, 0.25) is 5.91 Å². The number of imidazole rings is 1. The molecule has 0 aliphatic carbocycles. The maximum Gasteiger partial charge on any atom is 0.227 e. The molecule has 0 unspecified atom stereocenters. The van der Waals surface area contributed by atoms with Crippen LogP contribution in [0.15, 0.2) is 12.3 Å². The van der Waals surface area contributed by atoms with Gasteiger partial charge in [-0.2, -0.15) is 0 Å². The number of nitrogens with zero attached hydrogens (tertiary/aromatic N) is 2. The van der Waals surface area contributed by atoms with Gasteiger partial charge in [-0.25, -0.2) is 4.98 Å². The van der Waals surface area contributed by atoms with Gasteiger partial charge in [-0.1, -0.05) is 0 Å². The van der Waals surface area contributed by atoms with E-state index in [1.54, 1.807) is 13.2 Å². The Morgan fingerprint density at radius 2 is 2.26 bits per heavy atom. The number of aromatic nitrogens is 3. The summed E-state index contributed by atoms with van der Waals surface area (Å²) in [5.74, 6) is -0.0177. The third-order valence-electron chi connectivity index (χ3n) is 3.14. The summed E-state index contributed by atoms with van der Waals surface area (Å²) in [7, 11) is 1.64. The van der Waals surface area contributed by atoms with Gasteiger partial charge < -0.3 is 14.9 Å². The first-order chi connectivity index (χ1) is 8.85. The Kier molecular flexibility index (Phi) is 3.45. The van der Waals surface area contributed by atoms with Crippen molar-refractivity contribution in [1.29, 1.82) is 0 Å². The van der Waals surface area contributed by atoms with E-state index in [1.807, 2.05) is 31.4 Å². The van der Waals surface area contributed by atoms with Crippen LogP contribution in [0.2, 0.25) is 0 Å². The fourth-order valence-electron chi connectivity index (χ4n) is 2.10. The van der Waals surface area contributed by atoms with Crippen LogP contribution < -0.4 is 5.32 Å². The zero-order valence-electron chi connectivity index (χ0n) is 11.6. The molecule has 2 aromatic heterocycles. The molecule has 2 heterocycles. The molecule has 102 valence electrons. The lowest BCUT2D eigenvalue weighted by Gasteiger charge is -2.23. The second kappa shape index (κ2) is 4.77. The van der Waals surface area contributed by atoms with Crippen molar-refractivity contribution in [2.75, 3.05) is 7.05 Å². The number of aryl methyl sites for hydroxylation is 1. The molecule has 0 aromatic carbocycles. The average molecular weight is 278 g/mol. The number of pyridine rings is 1. The van der Waals surface area contributed by atoms with E-state index in [0.717, 1.165) is 16.7 Å². The Hall–Kier alpha value is -1.69. The van der Waals surface area contributed by atoms with Crippen molar-refractivity contribution in [2.45, 2.75) is 27.3 Å². The number of aromatic amines is 1. The summed E-state index contributed by atoms with van der Waals surface area (Å²) in [6.07, 6.45) is 1.80. The van der Waals surface area contributed by atoms with Gasteiger partial charge in [0, 0.05) is 19.8 Å². The third-order valence-corrected chi connectivity index (χ3v) is 3.46. The number of carbonyl (C=O) groups is 1. The highest BCUT2D eigenvalue weighted by Crippen LogP contribution is 2.22. The monoisotopic (exact) mass is 278 g/mol. The van der Waals surface area contributed by atoms with Crippen molar-refractivity contribution in [2.24, 2.45) is 5.41 Å². The molecule has 0 saturated carbocycles. The molecule has 0 bridgehead atoms. The summed E-state index contributed by atoms with van der Waals surface area (Å²) in [4.78, 5) is 19.4. The Morgan fingerprint density at radius 1 is 1.58 bits per heavy atom. The molecule has 0 saturated heterocycles. The molecule has 0 radical (unpaired) electrons. The van der Waals surface area contributed by atoms with Crippen molar-refractivity contribution >= 4 is 29.3 Å². The van der Waals surface area contributed by atoms with Crippen LogP contribution in [0.5, 0.6) is 0 Å². The minimum atomic E-state index is -0.547. The van der Waals surface area contributed by atoms with E-state index in [4.69, 9.17) is 12.2 Å². The van der Waals surface area contributed by atoms with Crippen LogP contribution >= 0.6 is 12.2 Å². The fourth-order valence-corrected chi connectivity index (χ4v) is 2.36. The van der Waals surface area contributed by atoms with Gasteiger partial charge in [0.25, 0.3) is 0 Å². The summed E-state index contributed by atoms with van der Waals surface area (Å²) < 4.78 is 2.46. The van der Waals surface area contributed by atoms with Gasteiger partial charge in [0.15, 0.2) is 10.4 Å². The molecular formula is C13H18N4OS. The van der Waals surface area contributed by atoms with Gasteiger partial charge in [-0.05, 0) is 44.6 Å². The van der Waals surface area contributed by atoms with Crippen LogP contribution in [0, 0.1) is 17.1 Å². The number of hydrogen-bond acceptors (Lipinski definition) is 3. The van der Waals surface area contributed by atoms with E-state index in [9.17, 15) is 4.79 Å². The largest absolute Gasteiger partial charge is 0.359 e. The number of fused-ring (bicyclic) bond motifs is 1. The Balaban J connectivity index is 2.49. The lowest BCUT2D eigenvalue weighted by molar-refractivity contribution is -0.129. The number of hydrogen-bond donors (Lipinski definition) is 2. The van der Waals surface area contributed by atoms with Crippen molar-refractivity contribution in [1.82, 2.24) is 19.9 Å². The molecule has 2 aromatic rings. The molecule has 2 N–H and O–H groups in total. The number of amides is 1. The van der Waals surface area contributed by atoms with Gasteiger partial charge in [-0.3, -0.25) is 4.79 Å². The molecule has 19 heavy (non-hydrogen) atoms. The Morgan fingerprint density at radius 3 is 2.89 bits per heavy atom. The maximum absolute atomic E-state index is 11.9. The van der Waals surface area contributed by atoms with Crippen LogP contribution in [-0.2, 0) is 11.3 Å². The molecule has 0 fully saturated rings. The van der Waals surface area contributed by atoms with Gasteiger partial charge in [-0.15, -0.1) is 0 Å². The quantitative estimate of drug-likeness (QED) is 0.846. The Labute approximate surface area is 117 Å². The fraction of sp³-hybridized carbons (Fsp3) is 0.462. The van der Waals surface area contributed by atoms with E-state index in [0.29, 0.717) is 11.3 Å². The van der Waals surface area contributed by atoms with E-state index < -0.39 is 5.41 Å². The molecule has 1 amide bonds. The molecule has 0 spiro atoms. The number of nitrogens with one attached hydrogen (secondary N) is 2. The standard InChI is InChI=1S/C13H18N4OS/c1-8-5-9-10(15-6-8)17(12(19)16-9)7-13(2,3)11(18)14-4/h5-6H,7H2,1-4H3,(H,14,18)(H,16,19). The minimum absolute atomic E-state index is 0.0177. The van der Waals surface area contributed by atoms with Crippen LogP contribution in [0.3, 0.4) is 0 Å². The highest BCUT2D eigenvalue weighted by Gasteiger charge is 2.28. The highest BCUT2D eigenvalue weighted by molar-refractivity contribution is 7.71. The molecule has 6 heteroatoms. The van der Waals surface area contributed by atoms with Crippen molar-refractivity contribution in [3.63, 3.8) is 0 Å². The second-order valence-electron chi connectivity index (χ2n) is 5.36. The summed E-state index contributed by atoms with van der Waals surface area (Å²) in [6.45, 7) is 6.25. The number of rotatable bonds is 3. The van der Waals surface area contributed by atoms with Crippen LogP contribution in [0.25, 0.3) is 11.2 Å². The van der Waals surface area contributed by atoms with Gasteiger partial charge in [0.1, 0.15) is 0 Å². The molecule has 0 aliphatic heterocycles. The van der Waals surface area contributed by atoms with E-state index in [1.165, 1.54) is 0 Å². The topological polar surface area (TPSA) is 62.7 Å². The zero-order chi connectivity index (χ0) is 14.2. The van der Waals surface area contributed by atoms with Gasteiger partial charge in [0.05, 0.1) is 10.9 Å². The smallest absolute Gasteiger partial charge is 0.227 e. The lowest BCUT2D eigenvalue weighted by Crippen LogP contribution is -2.37. The van der Waals surface area contributed by atoms with Crippen molar-refractivity contribution in [3.8, 4) is 0 Å². The summed E-state index contributed by atoms with van der Waals surface area (Å²) in [5.41, 5.74) is 2.21. The van der Waals surface area contributed by atoms with Crippen LogP contribution in [0.4, 0.5) is 0 Å². The molecule has 5 nitrogen and oxygen atoms in total. The van der Waals surface area contributed by atoms with Gasteiger partial charge >= 0.3 is 0 Å². The predicted molar refractivity (Wildman–Crippen MR) is 77.5 cm³/mol. The first kappa shape index (κ1) is 13.7. The highest BCUT2D eigenvalue weighted by atomic mass is 32.1. The Bertz CT molecular complexity index is 683. The van der Waals surface area contributed by atoms with E-state index in [-0.39, 0.29) is 5.91 Å². The third kappa shape index (κ3) is 2.53. The lowest BCUT2D eigenvalue weighted by atomic mass is 9.92. The molecule has 0 aliphatic rings. The van der Waals surface area contributed by atoms with Crippen molar-refractivity contribution in [3.05, 3.63) is 22.6 Å². The summed E-state index contributed by atoms with van der Waals surface area (Å²) in [5, 5.41) is 2.68. The number of H-pyrrole nitrogens is 1. The molecular weight excluding hydrogens is 260 g/mol. The van der Waals surface area contributed by atoms with Crippen LogP contribution in [0.1, 0.15) is 19.4 Å². The maximum atomic E-state index is 11.9. The van der Waals surface area contributed by atoms with E-state index >= 15 is 0 Å². The zero-order valence-corrected chi connectivity index (χ0v) is 12.4. The number of carbonyl (C=O) groups excluding carboxylic acids is 1. The molecule has 2 rings (SSSR count). The van der Waals surface area contributed by atoms with E-state index in [2.05, 4.69) is 15.3 Å². The van der Waals surface area contributed by atoms with Crippen molar-refractivity contribution < 1.29 is 4.79 Å². The normalized spacial score (nSPS) is 11.8. The average Bonchev–Trinajstić information content (AvgIpc) is 2.63.